The molecule has 1 amide bonds. The number of aryl methyl sites for hydroxylation is 1. The van der Waals surface area contributed by atoms with Crippen molar-refractivity contribution in [2.24, 2.45) is 5.92 Å². The standard InChI is InChI=1S/C18H23N3O4S/c1-14-11-17(20-25-14)12-19-18(22)16-7-9-21(10-8-16)26(23,24)13-15-5-3-2-4-6-15/h2-6,11,16H,7-10,12-13H2,1H3,(H,19,22). The van der Waals surface area contributed by atoms with Gasteiger partial charge in [0, 0.05) is 25.1 Å². The molecule has 2 aromatic rings. The molecule has 0 radical (unpaired) electrons. The summed E-state index contributed by atoms with van der Waals surface area (Å²) >= 11 is 0. The van der Waals surface area contributed by atoms with Gasteiger partial charge in [0.2, 0.25) is 15.9 Å². The van der Waals surface area contributed by atoms with Crippen molar-refractivity contribution in [3.05, 3.63) is 53.4 Å². The number of nitrogens with one attached hydrogen (secondary N) is 1. The highest BCUT2D eigenvalue weighted by molar-refractivity contribution is 7.88. The summed E-state index contributed by atoms with van der Waals surface area (Å²) in [6, 6.07) is 10.9. The highest BCUT2D eigenvalue weighted by Crippen LogP contribution is 2.22. The number of carbonyl (C=O) groups is 1. The third-order valence-electron chi connectivity index (χ3n) is 4.53. The first-order chi connectivity index (χ1) is 12.4. The highest BCUT2D eigenvalue weighted by Gasteiger charge is 2.31. The summed E-state index contributed by atoms with van der Waals surface area (Å²) in [6.45, 7) is 2.86. The van der Waals surface area contributed by atoms with Crippen LogP contribution in [-0.2, 0) is 27.1 Å². The summed E-state index contributed by atoms with van der Waals surface area (Å²) in [5.41, 5.74) is 1.45. The molecule has 1 saturated heterocycles. The average Bonchev–Trinajstić information content (AvgIpc) is 3.05. The van der Waals surface area contributed by atoms with Gasteiger partial charge < -0.3 is 9.84 Å². The van der Waals surface area contributed by atoms with Gasteiger partial charge in [0.15, 0.2) is 0 Å². The molecule has 7 nitrogen and oxygen atoms in total. The Morgan fingerprint density at radius 1 is 1.27 bits per heavy atom. The van der Waals surface area contributed by atoms with Gasteiger partial charge in [-0.05, 0) is 25.3 Å². The van der Waals surface area contributed by atoms with Gasteiger partial charge in [0.25, 0.3) is 0 Å². The zero-order chi connectivity index (χ0) is 18.6. The Kier molecular flexibility index (Phi) is 5.73. The van der Waals surface area contributed by atoms with E-state index in [1.165, 1.54) is 4.31 Å². The molecule has 26 heavy (non-hydrogen) atoms. The van der Waals surface area contributed by atoms with Crippen LogP contribution in [0.15, 0.2) is 40.9 Å². The maximum absolute atomic E-state index is 12.6. The first-order valence-electron chi connectivity index (χ1n) is 8.66. The van der Waals surface area contributed by atoms with Gasteiger partial charge in [0.1, 0.15) is 11.5 Å². The molecule has 0 saturated carbocycles. The second-order valence-corrected chi connectivity index (χ2v) is 8.53. The van der Waals surface area contributed by atoms with E-state index in [1.54, 1.807) is 13.0 Å². The van der Waals surface area contributed by atoms with Crippen LogP contribution >= 0.6 is 0 Å². The largest absolute Gasteiger partial charge is 0.361 e. The maximum atomic E-state index is 12.6. The summed E-state index contributed by atoms with van der Waals surface area (Å²) in [5.74, 6) is 0.457. The molecule has 0 unspecified atom stereocenters. The summed E-state index contributed by atoms with van der Waals surface area (Å²) in [5, 5.41) is 6.69. The van der Waals surface area contributed by atoms with Crippen LogP contribution in [0.2, 0.25) is 0 Å². The van der Waals surface area contributed by atoms with Gasteiger partial charge in [-0.2, -0.15) is 0 Å². The average molecular weight is 377 g/mol. The van der Waals surface area contributed by atoms with E-state index >= 15 is 0 Å². The van der Waals surface area contributed by atoms with E-state index in [0.717, 1.165) is 5.56 Å². The van der Waals surface area contributed by atoms with E-state index < -0.39 is 10.0 Å². The van der Waals surface area contributed by atoms with Crippen molar-refractivity contribution in [2.75, 3.05) is 13.1 Å². The van der Waals surface area contributed by atoms with Crippen molar-refractivity contribution in [1.29, 1.82) is 0 Å². The van der Waals surface area contributed by atoms with Crippen molar-refractivity contribution < 1.29 is 17.7 Å². The number of sulfonamides is 1. The second kappa shape index (κ2) is 8.01. The summed E-state index contributed by atoms with van der Waals surface area (Å²) < 4.78 is 31.6. The fourth-order valence-electron chi connectivity index (χ4n) is 3.10. The van der Waals surface area contributed by atoms with Crippen molar-refractivity contribution in [1.82, 2.24) is 14.8 Å². The molecule has 140 valence electrons. The molecule has 1 fully saturated rings. The topological polar surface area (TPSA) is 92.5 Å². The fourth-order valence-corrected chi connectivity index (χ4v) is 4.66. The van der Waals surface area contributed by atoms with Crippen LogP contribution in [0.4, 0.5) is 0 Å². The first kappa shape index (κ1) is 18.6. The molecule has 1 aromatic heterocycles. The van der Waals surface area contributed by atoms with E-state index in [4.69, 9.17) is 4.52 Å². The second-order valence-electron chi connectivity index (χ2n) is 6.56. The number of piperidine rings is 1. The lowest BCUT2D eigenvalue weighted by molar-refractivity contribution is -0.126. The number of carbonyl (C=O) groups excluding carboxylic acids is 1. The molecule has 2 heterocycles. The molecule has 3 rings (SSSR count). The Bertz CT molecular complexity index is 840. The number of hydrogen-bond acceptors (Lipinski definition) is 5. The Labute approximate surface area is 153 Å². The van der Waals surface area contributed by atoms with Crippen molar-refractivity contribution >= 4 is 15.9 Å². The van der Waals surface area contributed by atoms with E-state index in [1.807, 2.05) is 30.3 Å². The van der Waals surface area contributed by atoms with Gasteiger partial charge >= 0.3 is 0 Å². The number of nitrogens with zero attached hydrogens (tertiary/aromatic N) is 2. The molecule has 0 atom stereocenters. The number of aromatic nitrogens is 1. The lowest BCUT2D eigenvalue weighted by Crippen LogP contribution is -2.43. The lowest BCUT2D eigenvalue weighted by Gasteiger charge is -2.30. The van der Waals surface area contributed by atoms with Crippen LogP contribution in [-0.4, -0.2) is 36.9 Å². The lowest BCUT2D eigenvalue weighted by atomic mass is 9.97. The normalized spacial score (nSPS) is 16.5. The third-order valence-corrected chi connectivity index (χ3v) is 6.38. The first-order valence-corrected chi connectivity index (χ1v) is 10.3. The Morgan fingerprint density at radius 3 is 2.58 bits per heavy atom. The predicted octanol–water partition coefficient (Wildman–Crippen LogP) is 1.84. The van der Waals surface area contributed by atoms with Crippen LogP contribution in [0, 0.1) is 12.8 Å². The van der Waals surface area contributed by atoms with Gasteiger partial charge in [-0.3, -0.25) is 4.79 Å². The highest BCUT2D eigenvalue weighted by atomic mass is 32.2. The van der Waals surface area contributed by atoms with Gasteiger partial charge in [-0.15, -0.1) is 0 Å². The predicted molar refractivity (Wildman–Crippen MR) is 96.4 cm³/mol. The Morgan fingerprint density at radius 2 is 1.96 bits per heavy atom. The van der Waals surface area contributed by atoms with E-state index in [2.05, 4.69) is 10.5 Å². The maximum Gasteiger partial charge on any atom is 0.223 e. The summed E-state index contributed by atoms with van der Waals surface area (Å²) in [7, 11) is -3.36. The van der Waals surface area contributed by atoms with Crippen LogP contribution < -0.4 is 5.32 Å². The van der Waals surface area contributed by atoms with E-state index in [0.29, 0.717) is 43.9 Å². The zero-order valence-electron chi connectivity index (χ0n) is 14.7. The molecule has 0 spiro atoms. The molecule has 1 aromatic carbocycles. The van der Waals surface area contributed by atoms with Crippen LogP contribution in [0.3, 0.4) is 0 Å². The number of hydrogen-bond donors (Lipinski definition) is 1. The molecule has 1 aliphatic heterocycles. The third kappa shape index (κ3) is 4.70. The van der Waals surface area contributed by atoms with Crippen molar-refractivity contribution in [3.63, 3.8) is 0 Å². The molecule has 8 heteroatoms. The monoisotopic (exact) mass is 377 g/mol. The number of rotatable bonds is 6. The minimum Gasteiger partial charge on any atom is -0.361 e. The summed E-state index contributed by atoms with van der Waals surface area (Å²) in [6.07, 6.45) is 1.05. The van der Waals surface area contributed by atoms with Crippen LogP contribution in [0.25, 0.3) is 0 Å². The van der Waals surface area contributed by atoms with Crippen LogP contribution in [0.5, 0.6) is 0 Å². The number of amides is 1. The smallest absolute Gasteiger partial charge is 0.223 e. The minimum absolute atomic E-state index is 0.00376. The molecule has 1 aliphatic rings. The molecule has 0 bridgehead atoms. The summed E-state index contributed by atoms with van der Waals surface area (Å²) in [4.78, 5) is 12.3. The molecule has 0 aliphatic carbocycles. The Hall–Kier alpha value is -2.19. The zero-order valence-corrected chi connectivity index (χ0v) is 15.5. The number of benzene rings is 1. The van der Waals surface area contributed by atoms with Gasteiger partial charge in [-0.25, -0.2) is 12.7 Å². The van der Waals surface area contributed by atoms with Crippen molar-refractivity contribution in [2.45, 2.75) is 32.1 Å². The van der Waals surface area contributed by atoms with Crippen LogP contribution in [0.1, 0.15) is 29.9 Å². The quantitative estimate of drug-likeness (QED) is 0.829. The van der Waals surface area contributed by atoms with Gasteiger partial charge in [-0.1, -0.05) is 35.5 Å². The fraction of sp³-hybridized carbons (Fsp3) is 0.444. The SMILES string of the molecule is Cc1cc(CNC(=O)C2CCN(S(=O)(=O)Cc3ccccc3)CC2)no1. The molecular weight excluding hydrogens is 354 g/mol. The van der Waals surface area contributed by atoms with E-state index in [9.17, 15) is 13.2 Å². The molecule has 1 N–H and O–H groups in total. The van der Waals surface area contributed by atoms with E-state index in [-0.39, 0.29) is 17.6 Å². The Balaban J connectivity index is 1.49. The van der Waals surface area contributed by atoms with Crippen molar-refractivity contribution in [3.8, 4) is 0 Å². The van der Waals surface area contributed by atoms with Gasteiger partial charge in [0.05, 0.1) is 12.3 Å². The minimum atomic E-state index is -3.36. The molecular formula is C18H23N3O4S.